The van der Waals surface area contributed by atoms with E-state index in [1.54, 1.807) is 6.92 Å². The fourth-order valence-electron chi connectivity index (χ4n) is 3.82. The number of aromatic nitrogens is 2. The average molecular weight is 377 g/mol. The fraction of sp³-hybridized carbons (Fsp3) is 0.650. The number of esters is 1. The molecule has 1 fully saturated rings. The number of thiophene rings is 1. The lowest BCUT2D eigenvalue weighted by molar-refractivity contribution is -0.152. The number of ether oxygens (including phenoxy) is 1. The van der Waals surface area contributed by atoms with Gasteiger partial charge in [-0.05, 0) is 56.9 Å². The van der Waals surface area contributed by atoms with Crippen molar-refractivity contribution in [1.29, 1.82) is 0 Å². The van der Waals surface area contributed by atoms with Crippen LogP contribution in [0.15, 0.2) is 10.9 Å². The molecule has 0 aliphatic heterocycles. The Bertz CT molecular complexity index is 868. The van der Waals surface area contributed by atoms with Crippen LogP contribution in [0.25, 0.3) is 10.2 Å². The van der Waals surface area contributed by atoms with E-state index in [-0.39, 0.29) is 24.2 Å². The molecule has 0 atom stereocenters. The molecule has 5 nitrogen and oxygen atoms in total. The minimum atomic E-state index is -0.345. The third kappa shape index (κ3) is 4.00. The molecular formula is C20H28N2O3S. The van der Waals surface area contributed by atoms with Crippen molar-refractivity contribution in [3.63, 3.8) is 0 Å². The Morgan fingerprint density at radius 3 is 2.54 bits per heavy atom. The SMILES string of the molecule is Cc1cc2c(=O)n(CC(=O)OC3CCC(C(C)(C)C)CC3)c(C)nc2s1. The third-order valence-corrected chi connectivity index (χ3v) is 6.39. The van der Waals surface area contributed by atoms with Crippen LogP contribution in [0, 0.1) is 25.2 Å². The molecule has 2 aromatic heterocycles. The molecule has 26 heavy (non-hydrogen) atoms. The standard InChI is InChI=1S/C20H28N2O3S/c1-12-10-16-18(26-12)21-13(2)22(19(16)24)11-17(23)25-15-8-6-14(7-9-15)20(3,4)5/h10,14-15H,6-9,11H2,1-5H3. The fourth-order valence-corrected chi connectivity index (χ4v) is 4.74. The molecule has 0 bridgehead atoms. The van der Waals surface area contributed by atoms with Crippen molar-refractivity contribution in [2.75, 3.05) is 0 Å². The smallest absolute Gasteiger partial charge is 0.326 e. The number of hydrogen-bond acceptors (Lipinski definition) is 5. The van der Waals surface area contributed by atoms with Gasteiger partial charge in [0.1, 0.15) is 23.3 Å². The molecule has 3 rings (SSSR count). The van der Waals surface area contributed by atoms with Gasteiger partial charge in [0.2, 0.25) is 0 Å². The van der Waals surface area contributed by atoms with Gasteiger partial charge < -0.3 is 4.74 Å². The summed E-state index contributed by atoms with van der Waals surface area (Å²) in [6, 6.07) is 1.84. The molecule has 6 heteroatoms. The van der Waals surface area contributed by atoms with Gasteiger partial charge in [0.05, 0.1) is 5.39 Å². The second-order valence-electron chi connectivity index (χ2n) is 8.46. The Morgan fingerprint density at radius 1 is 1.27 bits per heavy atom. The lowest BCUT2D eigenvalue weighted by Gasteiger charge is -2.36. The molecule has 2 aromatic rings. The van der Waals surface area contributed by atoms with Gasteiger partial charge in [0.25, 0.3) is 5.56 Å². The summed E-state index contributed by atoms with van der Waals surface area (Å²) < 4.78 is 7.09. The Labute approximate surface area is 158 Å². The van der Waals surface area contributed by atoms with Crippen LogP contribution in [0.3, 0.4) is 0 Å². The minimum absolute atomic E-state index is 0.0304. The van der Waals surface area contributed by atoms with Crippen molar-refractivity contribution in [1.82, 2.24) is 9.55 Å². The van der Waals surface area contributed by atoms with Crippen LogP contribution < -0.4 is 5.56 Å². The monoisotopic (exact) mass is 376 g/mol. The van der Waals surface area contributed by atoms with Crippen LogP contribution in [0.4, 0.5) is 0 Å². The van der Waals surface area contributed by atoms with Crippen molar-refractivity contribution >= 4 is 27.5 Å². The normalized spacial score (nSPS) is 21.1. The molecule has 1 saturated carbocycles. The first-order chi connectivity index (χ1) is 12.1. The van der Waals surface area contributed by atoms with Gasteiger partial charge in [0.15, 0.2) is 0 Å². The summed E-state index contributed by atoms with van der Waals surface area (Å²) in [5.74, 6) is 0.885. The quantitative estimate of drug-likeness (QED) is 0.753. The van der Waals surface area contributed by atoms with E-state index in [4.69, 9.17) is 4.74 Å². The van der Waals surface area contributed by atoms with Crippen LogP contribution in [0.1, 0.15) is 57.2 Å². The number of nitrogens with zero attached hydrogens (tertiary/aromatic N) is 2. The second kappa shape index (κ2) is 7.14. The molecule has 0 N–H and O–H groups in total. The van der Waals surface area contributed by atoms with Gasteiger partial charge in [-0.3, -0.25) is 14.2 Å². The molecule has 1 aliphatic carbocycles. The Morgan fingerprint density at radius 2 is 1.92 bits per heavy atom. The third-order valence-electron chi connectivity index (χ3n) is 5.45. The molecule has 0 spiro atoms. The Kier molecular flexibility index (Phi) is 5.24. The lowest BCUT2D eigenvalue weighted by Crippen LogP contribution is -2.33. The van der Waals surface area contributed by atoms with Crippen molar-refractivity contribution in [2.24, 2.45) is 11.3 Å². The van der Waals surface area contributed by atoms with E-state index in [1.807, 2.05) is 13.0 Å². The van der Waals surface area contributed by atoms with E-state index in [9.17, 15) is 9.59 Å². The van der Waals surface area contributed by atoms with E-state index in [1.165, 1.54) is 15.9 Å². The first kappa shape index (κ1) is 19.1. The van der Waals surface area contributed by atoms with Crippen molar-refractivity contribution in [3.8, 4) is 0 Å². The zero-order valence-corrected chi connectivity index (χ0v) is 17.1. The highest BCUT2D eigenvalue weighted by Crippen LogP contribution is 2.38. The highest BCUT2D eigenvalue weighted by atomic mass is 32.1. The summed E-state index contributed by atoms with van der Waals surface area (Å²) in [6.45, 7) is 10.5. The van der Waals surface area contributed by atoms with E-state index in [0.717, 1.165) is 35.4 Å². The predicted octanol–water partition coefficient (Wildman–Crippen LogP) is 4.22. The van der Waals surface area contributed by atoms with E-state index < -0.39 is 0 Å². The predicted molar refractivity (Wildman–Crippen MR) is 105 cm³/mol. The summed E-state index contributed by atoms with van der Waals surface area (Å²) in [5.41, 5.74) is 0.143. The molecular weight excluding hydrogens is 348 g/mol. The number of aryl methyl sites for hydroxylation is 2. The van der Waals surface area contributed by atoms with Crippen LogP contribution in [0.5, 0.6) is 0 Å². The van der Waals surface area contributed by atoms with Gasteiger partial charge in [-0.25, -0.2) is 4.98 Å². The maximum Gasteiger partial charge on any atom is 0.326 e. The second-order valence-corrected chi connectivity index (χ2v) is 9.69. The van der Waals surface area contributed by atoms with Gasteiger partial charge >= 0.3 is 5.97 Å². The van der Waals surface area contributed by atoms with Crippen molar-refractivity contribution in [3.05, 3.63) is 27.1 Å². The highest BCUT2D eigenvalue weighted by molar-refractivity contribution is 7.18. The first-order valence-electron chi connectivity index (χ1n) is 9.32. The van der Waals surface area contributed by atoms with E-state index in [2.05, 4.69) is 25.8 Å². The first-order valence-corrected chi connectivity index (χ1v) is 10.1. The van der Waals surface area contributed by atoms with Crippen molar-refractivity contribution < 1.29 is 9.53 Å². The van der Waals surface area contributed by atoms with E-state index in [0.29, 0.717) is 22.5 Å². The molecule has 2 heterocycles. The summed E-state index contributed by atoms with van der Waals surface area (Å²) in [6.07, 6.45) is 3.95. The van der Waals surface area contributed by atoms with Gasteiger partial charge in [0, 0.05) is 4.88 Å². The van der Waals surface area contributed by atoms with Crippen LogP contribution in [-0.4, -0.2) is 21.6 Å². The molecule has 0 saturated heterocycles. The molecule has 0 aromatic carbocycles. The summed E-state index contributed by atoms with van der Waals surface area (Å²) in [4.78, 5) is 31.3. The van der Waals surface area contributed by atoms with Crippen LogP contribution in [0.2, 0.25) is 0 Å². The Hall–Kier alpha value is -1.69. The molecule has 142 valence electrons. The van der Waals surface area contributed by atoms with Crippen LogP contribution in [-0.2, 0) is 16.1 Å². The van der Waals surface area contributed by atoms with Crippen LogP contribution >= 0.6 is 11.3 Å². The largest absolute Gasteiger partial charge is 0.461 e. The topological polar surface area (TPSA) is 61.2 Å². The summed E-state index contributed by atoms with van der Waals surface area (Å²) in [5, 5.41) is 0.580. The number of rotatable bonds is 3. The summed E-state index contributed by atoms with van der Waals surface area (Å²) >= 11 is 1.50. The summed E-state index contributed by atoms with van der Waals surface area (Å²) in [7, 11) is 0. The molecule has 0 unspecified atom stereocenters. The maximum absolute atomic E-state index is 12.7. The Balaban J connectivity index is 1.66. The van der Waals surface area contributed by atoms with Gasteiger partial charge in [-0.1, -0.05) is 20.8 Å². The zero-order valence-electron chi connectivity index (χ0n) is 16.3. The highest BCUT2D eigenvalue weighted by Gasteiger charge is 2.31. The zero-order chi connectivity index (χ0) is 19.1. The maximum atomic E-state index is 12.7. The molecule has 0 amide bonds. The number of fused-ring (bicyclic) bond motifs is 1. The number of hydrogen-bond donors (Lipinski definition) is 0. The van der Waals surface area contributed by atoms with E-state index >= 15 is 0 Å². The minimum Gasteiger partial charge on any atom is -0.461 e. The lowest BCUT2D eigenvalue weighted by atomic mass is 9.72. The average Bonchev–Trinajstić information content (AvgIpc) is 2.91. The number of carbonyl (C=O) groups excluding carboxylic acids is 1. The molecule has 0 radical (unpaired) electrons. The number of carbonyl (C=O) groups is 1. The molecule has 1 aliphatic rings. The van der Waals surface area contributed by atoms with Gasteiger partial charge in [-0.15, -0.1) is 11.3 Å². The van der Waals surface area contributed by atoms with Crippen molar-refractivity contribution in [2.45, 2.75) is 73.0 Å². The van der Waals surface area contributed by atoms with Gasteiger partial charge in [-0.2, -0.15) is 0 Å².